The number of alkyl halides is 3. The summed E-state index contributed by atoms with van der Waals surface area (Å²) in [6.07, 6.45) is -4.78. The van der Waals surface area contributed by atoms with E-state index in [2.05, 4.69) is 130 Å². The fourth-order valence-electron chi connectivity index (χ4n) is 10.5. The fourth-order valence-corrected chi connectivity index (χ4v) is 10.5. The van der Waals surface area contributed by atoms with Gasteiger partial charge in [0.2, 0.25) is 0 Å². The Morgan fingerprint density at radius 2 is 0.597 bits per heavy atom. The van der Waals surface area contributed by atoms with E-state index in [4.69, 9.17) is 4.98 Å². The average Bonchev–Trinajstić information content (AvgIpc) is 3.94. The van der Waals surface area contributed by atoms with E-state index in [0.29, 0.717) is 17.1 Å². The van der Waals surface area contributed by atoms with Crippen molar-refractivity contribution >= 4 is 43.6 Å². The molecule has 0 saturated carbocycles. The molecule has 0 aliphatic heterocycles. The lowest BCUT2D eigenvalue weighted by Gasteiger charge is -2.22. The van der Waals surface area contributed by atoms with Gasteiger partial charge in [0.25, 0.3) is 0 Å². The van der Waals surface area contributed by atoms with Crippen molar-refractivity contribution in [2.45, 2.75) is 6.18 Å². The van der Waals surface area contributed by atoms with Crippen LogP contribution in [0.3, 0.4) is 0 Å². The highest BCUT2D eigenvalue weighted by atomic mass is 19.4. The average molecular weight is 934 g/mol. The van der Waals surface area contributed by atoms with Crippen molar-refractivity contribution in [3.05, 3.63) is 260 Å². The van der Waals surface area contributed by atoms with Crippen molar-refractivity contribution in [2.75, 3.05) is 0 Å². The summed E-state index contributed by atoms with van der Waals surface area (Å²) >= 11 is 0. The van der Waals surface area contributed by atoms with E-state index in [1.54, 1.807) is 18.2 Å². The van der Waals surface area contributed by atoms with Crippen LogP contribution in [0, 0.1) is 0 Å². The Morgan fingerprint density at radius 3 is 0.944 bits per heavy atom. The first kappa shape index (κ1) is 42.8. The van der Waals surface area contributed by atoms with Crippen LogP contribution < -0.4 is 0 Å². The van der Waals surface area contributed by atoms with Crippen LogP contribution in [0.2, 0.25) is 0 Å². The molecule has 72 heavy (non-hydrogen) atoms. The molecule has 3 heterocycles. The zero-order valence-corrected chi connectivity index (χ0v) is 38.7. The number of benzene rings is 10. The molecule has 3 aromatic heterocycles. The Hall–Kier alpha value is -9.26. The Bertz CT molecular complexity index is 3970. The second-order valence-electron chi connectivity index (χ2n) is 18.2. The highest BCUT2D eigenvalue weighted by molar-refractivity contribution is 6.14. The quantitative estimate of drug-likeness (QED) is 0.149. The van der Waals surface area contributed by atoms with Gasteiger partial charge in [-0.15, -0.1) is 0 Å². The molecule has 6 heteroatoms. The van der Waals surface area contributed by atoms with Crippen LogP contribution in [0.4, 0.5) is 13.2 Å². The highest BCUT2D eigenvalue weighted by Crippen LogP contribution is 2.47. The topological polar surface area (TPSA) is 22.8 Å². The van der Waals surface area contributed by atoms with E-state index in [0.717, 1.165) is 93.7 Å². The lowest BCUT2D eigenvalue weighted by Crippen LogP contribution is -2.12. The van der Waals surface area contributed by atoms with Gasteiger partial charge in [-0.2, -0.15) is 13.2 Å². The van der Waals surface area contributed by atoms with Crippen molar-refractivity contribution in [3.8, 4) is 78.4 Å². The Labute approximate surface area is 414 Å². The second kappa shape index (κ2) is 17.3. The molecule has 13 rings (SSSR count). The molecule has 3 nitrogen and oxygen atoms in total. The van der Waals surface area contributed by atoms with Gasteiger partial charge in [-0.1, -0.05) is 206 Å². The number of hydrogen-bond donors (Lipinski definition) is 0. The van der Waals surface area contributed by atoms with Crippen LogP contribution in [-0.4, -0.2) is 14.1 Å². The molecule has 0 unspecified atom stereocenters. The van der Waals surface area contributed by atoms with Gasteiger partial charge in [0.1, 0.15) is 0 Å². The number of nitrogens with zero attached hydrogens (tertiary/aromatic N) is 3. The Balaban J connectivity index is 1.21. The first-order chi connectivity index (χ1) is 35.3. The van der Waals surface area contributed by atoms with Crippen LogP contribution in [0.25, 0.3) is 122 Å². The first-order valence-electron chi connectivity index (χ1n) is 24.0. The summed E-state index contributed by atoms with van der Waals surface area (Å²) in [5, 5.41) is 3.79. The molecule has 10 aromatic carbocycles. The molecule has 0 amide bonds. The summed E-state index contributed by atoms with van der Waals surface area (Å²) < 4.78 is 53.4. The van der Waals surface area contributed by atoms with Gasteiger partial charge in [-0.05, 0) is 93.0 Å². The molecule has 0 fully saturated rings. The summed E-state index contributed by atoms with van der Waals surface area (Å²) in [5.74, 6) is 0. The SMILES string of the molecule is FC(F)(F)c1cc(-n2c3cc(-c4ccccc4)ccc3c3ccc(-c4ccccc4)cc32)c(-n2c3cc(-c4ccccc4)ccc3c3ccc(-c4ccccc4)cc32)cc1-c1cccc(-c2ccccc2)n1. The van der Waals surface area contributed by atoms with Gasteiger partial charge in [0, 0.05) is 32.7 Å². The van der Waals surface area contributed by atoms with Crippen molar-refractivity contribution in [1.82, 2.24) is 14.1 Å². The maximum absolute atomic E-state index is 16.4. The van der Waals surface area contributed by atoms with Gasteiger partial charge in [0.05, 0.1) is 50.4 Å². The van der Waals surface area contributed by atoms with Gasteiger partial charge in [-0.3, -0.25) is 0 Å². The zero-order valence-electron chi connectivity index (χ0n) is 38.7. The zero-order chi connectivity index (χ0) is 48.3. The van der Waals surface area contributed by atoms with Crippen LogP contribution in [0.15, 0.2) is 255 Å². The molecule has 0 aliphatic carbocycles. The number of aromatic nitrogens is 3. The Kier molecular flexibility index (Phi) is 10.3. The molecule has 342 valence electrons. The second-order valence-corrected chi connectivity index (χ2v) is 18.2. The molecular formula is C66H42F3N3. The minimum atomic E-state index is -4.78. The first-order valence-corrected chi connectivity index (χ1v) is 24.0. The van der Waals surface area contributed by atoms with Gasteiger partial charge < -0.3 is 9.13 Å². The minimum Gasteiger partial charge on any atom is -0.307 e. The normalized spacial score (nSPS) is 11.8. The van der Waals surface area contributed by atoms with Gasteiger partial charge in [0.15, 0.2) is 0 Å². The van der Waals surface area contributed by atoms with E-state index >= 15 is 13.2 Å². The smallest absolute Gasteiger partial charge is 0.307 e. The predicted molar refractivity (Wildman–Crippen MR) is 291 cm³/mol. The third-order valence-electron chi connectivity index (χ3n) is 14.0. The van der Waals surface area contributed by atoms with E-state index in [-0.39, 0.29) is 11.3 Å². The van der Waals surface area contributed by atoms with E-state index in [1.165, 1.54) is 6.07 Å². The van der Waals surface area contributed by atoms with E-state index < -0.39 is 11.7 Å². The number of hydrogen-bond acceptors (Lipinski definition) is 1. The molecule has 0 radical (unpaired) electrons. The van der Waals surface area contributed by atoms with Crippen LogP contribution >= 0.6 is 0 Å². The third kappa shape index (κ3) is 7.44. The number of halogens is 3. The van der Waals surface area contributed by atoms with Crippen LogP contribution in [0.1, 0.15) is 5.56 Å². The summed E-state index contributed by atoms with van der Waals surface area (Å²) in [6, 6.07) is 84.2. The number of pyridine rings is 1. The summed E-state index contributed by atoms with van der Waals surface area (Å²) in [5.41, 5.74) is 12.9. The maximum atomic E-state index is 16.4. The third-order valence-corrected chi connectivity index (χ3v) is 14.0. The molecule has 0 atom stereocenters. The van der Waals surface area contributed by atoms with Gasteiger partial charge >= 0.3 is 6.18 Å². The largest absolute Gasteiger partial charge is 0.417 e. The predicted octanol–water partition coefficient (Wildman–Crippen LogP) is 18.3. The molecule has 0 spiro atoms. The number of fused-ring (bicyclic) bond motifs is 6. The summed E-state index contributed by atoms with van der Waals surface area (Å²) in [7, 11) is 0. The fraction of sp³-hybridized carbons (Fsp3) is 0.0152. The minimum absolute atomic E-state index is 0.0248. The van der Waals surface area contributed by atoms with Crippen LogP contribution in [0.5, 0.6) is 0 Å². The van der Waals surface area contributed by atoms with Crippen molar-refractivity contribution < 1.29 is 13.2 Å². The summed E-state index contributed by atoms with van der Waals surface area (Å²) in [6.45, 7) is 0. The Morgan fingerprint density at radius 1 is 0.278 bits per heavy atom. The van der Waals surface area contributed by atoms with E-state index in [1.807, 2.05) is 109 Å². The lowest BCUT2D eigenvalue weighted by atomic mass is 9.99. The van der Waals surface area contributed by atoms with Crippen molar-refractivity contribution in [3.63, 3.8) is 0 Å². The standard InChI is InChI=1S/C66H42F3N3/c67-66(68,69)57-42-65(72-62-39-50(45-21-10-3-11-22-45)31-35-54(62)55-36-32-51(40-63(55)72)46-23-12-4-13-24-46)64(41-56(57)59-28-16-27-58(70-59)47-25-14-5-15-26-47)71-60-37-48(43-17-6-1-7-18-43)29-33-52(60)53-34-30-49(38-61(53)71)44-19-8-2-9-20-44/h1-42H. The lowest BCUT2D eigenvalue weighted by molar-refractivity contribution is -0.137. The molecule has 0 bridgehead atoms. The van der Waals surface area contributed by atoms with Crippen molar-refractivity contribution in [1.29, 1.82) is 0 Å². The van der Waals surface area contributed by atoms with Crippen LogP contribution in [-0.2, 0) is 6.18 Å². The summed E-state index contributed by atoms with van der Waals surface area (Å²) in [4.78, 5) is 5.01. The molecule has 13 aromatic rings. The van der Waals surface area contributed by atoms with Gasteiger partial charge in [-0.25, -0.2) is 4.98 Å². The number of rotatable bonds is 8. The molecule has 0 N–H and O–H groups in total. The molecular weight excluding hydrogens is 892 g/mol. The molecule has 0 aliphatic rings. The molecule has 0 saturated heterocycles. The van der Waals surface area contributed by atoms with Crippen molar-refractivity contribution in [2.24, 2.45) is 0 Å². The highest BCUT2D eigenvalue weighted by Gasteiger charge is 2.37. The monoisotopic (exact) mass is 933 g/mol. The maximum Gasteiger partial charge on any atom is 0.417 e. The van der Waals surface area contributed by atoms with E-state index in [9.17, 15) is 0 Å².